The Bertz CT molecular complexity index is 778. The fourth-order valence-corrected chi connectivity index (χ4v) is 3.57. The minimum absolute atomic E-state index is 0.206. The fraction of sp³-hybridized carbons (Fsp3) is 0.500. The first-order valence-corrected chi connectivity index (χ1v) is 9.45. The van der Waals surface area contributed by atoms with Crippen molar-refractivity contribution in [3.8, 4) is 17.0 Å². The number of hydrogen-bond donors (Lipinski definition) is 2. The molecule has 0 unspecified atom stereocenters. The van der Waals surface area contributed by atoms with E-state index in [9.17, 15) is 9.90 Å². The molecule has 142 valence electrons. The Morgan fingerprint density at radius 3 is 2.04 bits per heavy atom. The summed E-state index contributed by atoms with van der Waals surface area (Å²) in [6.07, 6.45) is -0.976. The lowest BCUT2D eigenvalue weighted by Crippen LogP contribution is -2.23. The molecule has 1 aromatic heterocycles. The Morgan fingerprint density at radius 2 is 1.62 bits per heavy atom. The third-order valence-corrected chi connectivity index (χ3v) is 5.11. The molecule has 1 heterocycles. The number of phenolic OH excluding ortho intramolecular Hbond substituents is 1. The Morgan fingerprint density at radius 1 is 1.12 bits per heavy atom. The van der Waals surface area contributed by atoms with Gasteiger partial charge in [0.05, 0.1) is 12.2 Å². The second-order valence-corrected chi connectivity index (χ2v) is 9.63. The quantitative estimate of drug-likeness (QED) is 0.770. The summed E-state index contributed by atoms with van der Waals surface area (Å²) in [6, 6.07) is 3.98. The molecule has 2 rings (SSSR count). The highest BCUT2D eigenvalue weighted by atomic mass is 32.1. The van der Waals surface area contributed by atoms with Crippen molar-refractivity contribution in [1.82, 2.24) is 9.88 Å². The molecule has 1 aromatic carbocycles. The normalized spacial score (nSPS) is 12.3. The maximum atomic E-state index is 11.0. The highest BCUT2D eigenvalue weighted by Gasteiger charge is 2.27. The standard InChI is InChI=1S/C20H28N2O3S/c1-19(2,3)13-8-12(9-14(17(13)23)20(4,5)6)15-11-26-16(21-15)10-22(7)18(24)25/h8-9,11,23H,10H2,1-7H3,(H,24,25). The van der Waals surface area contributed by atoms with E-state index in [-0.39, 0.29) is 17.4 Å². The molecule has 0 saturated heterocycles. The first-order valence-electron chi connectivity index (χ1n) is 8.57. The molecule has 5 nitrogen and oxygen atoms in total. The summed E-state index contributed by atoms with van der Waals surface area (Å²) in [4.78, 5) is 16.8. The third kappa shape index (κ3) is 4.36. The second kappa shape index (κ2) is 6.91. The van der Waals surface area contributed by atoms with Gasteiger partial charge in [-0.2, -0.15) is 0 Å². The molecule has 0 bridgehead atoms. The fourth-order valence-electron chi connectivity index (χ4n) is 2.71. The van der Waals surface area contributed by atoms with E-state index in [1.807, 2.05) is 17.5 Å². The van der Waals surface area contributed by atoms with Crippen LogP contribution in [-0.4, -0.2) is 33.2 Å². The van der Waals surface area contributed by atoms with Crippen molar-refractivity contribution in [3.05, 3.63) is 33.6 Å². The lowest BCUT2D eigenvalue weighted by molar-refractivity contribution is 0.153. The van der Waals surface area contributed by atoms with Crippen LogP contribution >= 0.6 is 11.3 Å². The minimum atomic E-state index is -0.976. The molecule has 0 aliphatic rings. The molecule has 2 N–H and O–H groups in total. The van der Waals surface area contributed by atoms with Crippen LogP contribution in [0.3, 0.4) is 0 Å². The number of carboxylic acid groups (broad SMARTS) is 1. The zero-order chi connectivity index (χ0) is 19.9. The zero-order valence-electron chi connectivity index (χ0n) is 16.5. The van der Waals surface area contributed by atoms with Gasteiger partial charge in [-0.25, -0.2) is 9.78 Å². The Labute approximate surface area is 159 Å². The molecule has 0 aliphatic carbocycles. The Kier molecular flexibility index (Phi) is 5.38. The van der Waals surface area contributed by atoms with Gasteiger partial charge in [0.15, 0.2) is 0 Å². The van der Waals surface area contributed by atoms with E-state index < -0.39 is 6.09 Å². The van der Waals surface area contributed by atoms with E-state index in [1.165, 1.54) is 23.3 Å². The smallest absolute Gasteiger partial charge is 0.407 e. The second-order valence-electron chi connectivity index (χ2n) is 8.69. The van der Waals surface area contributed by atoms with Gasteiger partial charge in [0.1, 0.15) is 10.8 Å². The zero-order valence-corrected chi connectivity index (χ0v) is 17.4. The first-order chi connectivity index (χ1) is 11.8. The van der Waals surface area contributed by atoms with Crippen molar-refractivity contribution in [3.63, 3.8) is 0 Å². The van der Waals surface area contributed by atoms with Crippen molar-refractivity contribution in [2.75, 3.05) is 7.05 Å². The van der Waals surface area contributed by atoms with Crippen LogP contribution in [0.1, 0.15) is 57.7 Å². The molecule has 0 atom stereocenters. The van der Waals surface area contributed by atoms with E-state index in [2.05, 4.69) is 46.5 Å². The summed E-state index contributed by atoms with van der Waals surface area (Å²) in [5.41, 5.74) is 3.11. The summed E-state index contributed by atoms with van der Waals surface area (Å²) in [5.74, 6) is 0.342. The van der Waals surface area contributed by atoms with Crippen LogP contribution in [0.5, 0.6) is 5.75 Å². The van der Waals surface area contributed by atoms with Gasteiger partial charge in [0.25, 0.3) is 0 Å². The van der Waals surface area contributed by atoms with E-state index in [1.54, 1.807) is 0 Å². The summed E-state index contributed by atoms with van der Waals surface area (Å²) in [6.45, 7) is 12.7. The van der Waals surface area contributed by atoms with Gasteiger partial charge in [-0.3, -0.25) is 0 Å². The van der Waals surface area contributed by atoms with Gasteiger partial charge >= 0.3 is 6.09 Å². The number of carbonyl (C=O) groups is 1. The van der Waals surface area contributed by atoms with E-state index in [0.29, 0.717) is 5.75 Å². The number of aromatic nitrogens is 1. The summed E-state index contributed by atoms with van der Waals surface area (Å²) in [5, 5.41) is 22.5. The van der Waals surface area contributed by atoms with Crippen molar-refractivity contribution in [1.29, 1.82) is 0 Å². The number of benzene rings is 1. The molecular weight excluding hydrogens is 348 g/mol. The topological polar surface area (TPSA) is 73.7 Å². The van der Waals surface area contributed by atoms with Crippen LogP contribution in [0.25, 0.3) is 11.3 Å². The highest BCUT2D eigenvalue weighted by molar-refractivity contribution is 7.09. The van der Waals surface area contributed by atoms with Crippen LogP contribution < -0.4 is 0 Å². The van der Waals surface area contributed by atoms with Gasteiger partial charge < -0.3 is 15.1 Å². The average Bonchev–Trinajstić information content (AvgIpc) is 2.93. The molecule has 0 saturated carbocycles. The molecule has 26 heavy (non-hydrogen) atoms. The lowest BCUT2D eigenvalue weighted by Gasteiger charge is -2.28. The third-order valence-electron chi connectivity index (χ3n) is 4.27. The number of thiazole rings is 1. The van der Waals surface area contributed by atoms with Crippen LogP contribution in [-0.2, 0) is 17.4 Å². The Balaban J connectivity index is 2.53. The van der Waals surface area contributed by atoms with Crippen molar-refractivity contribution in [2.45, 2.75) is 58.9 Å². The maximum absolute atomic E-state index is 11.0. The predicted octanol–water partition coefficient (Wildman–Crippen LogP) is 5.22. The van der Waals surface area contributed by atoms with E-state index >= 15 is 0 Å². The molecule has 1 amide bonds. The molecule has 0 radical (unpaired) electrons. The molecule has 6 heteroatoms. The van der Waals surface area contributed by atoms with Crippen molar-refractivity contribution >= 4 is 17.4 Å². The number of amides is 1. The molecule has 0 fully saturated rings. The van der Waals surface area contributed by atoms with Gasteiger partial charge in [-0.05, 0) is 23.0 Å². The largest absolute Gasteiger partial charge is 0.507 e. The van der Waals surface area contributed by atoms with E-state index in [0.717, 1.165) is 27.4 Å². The molecule has 2 aromatic rings. The molecule has 0 spiro atoms. The number of nitrogens with zero attached hydrogens (tertiary/aromatic N) is 2. The molecule has 0 aliphatic heterocycles. The summed E-state index contributed by atoms with van der Waals surface area (Å²) >= 11 is 1.44. The van der Waals surface area contributed by atoms with Gasteiger partial charge in [0, 0.05) is 29.1 Å². The number of phenols is 1. The van der Waals surface area contributed by atoms with Crippen LogP contribution in [0, 0.1) is 0 Å². The van der Waals surface area contributed by atoms with Gasteiger partial charge in [-0.15, -0.1) is 11.3 Å². The number of hydrogen-bond acceptors (Lipinski definition) is 4. The number of rotatable bonds is 3. The van der Waals surface area contributed by atoms with E-state index in [4.69, 9.17) is 5.11 Å². The van der Waals surface area contributed by atoms with Crippen LogP contribution in [0.15, 0.2) is 17.5 Å². The summed E-state index contributed by atoms with van der Waals surface area (Å²) in [7, 11) is 1.53. The maximum Gasteiger partial charge on any atom is 0.407 e. The Hall–Kier alpha value is -2.08. The molecular formula is C20H28N2O3S. The average molecular weight is 377 g/mol. The van der Waals surface area contributed by atoms with Crippen molar-refractivity contribution in [2.24, 2.45) is 0 Å². The van der Waals surface area contributed by atoms with Gasteiger partial charge in [-0.1, -0.05) is 41.5 Å². The SMILES string of the molecule is CN(Cc1nc(-c2cc(C(C)(C)C)c(O)c(C(C)(C)C)c2)cs1)C(=O)O. The lowest BCUT2D eigenvalue weighted by atomic mass is 9.78. The number of aromatic hydroxyl groups is 1. The van der Waals surface area contributed by atoms with Gasteiger partial charge in [0.2, 0.25) is 0 Å². The monoisotopic (exact) mass is 376 g/mol. The van der Waals surface area contributed by atoms with Crippen LogP contribution in [0.2, 0.25) is 0 Å². The minimum Gasteiger partial charge on any atom is -0.507 e. The first kappa shape index (κ1) is 20.2. The predicted molar refractivity (Wildman–Crippen MR) is 106 cm³/mol. The summed E-state index contributed by atoms with van der Waals surface area (Å²) < 4.78 is 0. The highest BCUT2D eigenvalue weighted by Crippen LogP contribution is 2.42. The van der Waals surface area contributed by atoms with Crippen LogP contribution in [0.4, 0.5) is 4.79 Å². The van der Waals surface area contributed by atoms with Crippen molar-refractivity contribution < 1.29 is 15.0 Å².